The first-order valence-corrected chi connectivity index (χ1v) is 8.49. The Balaban J connectivity index is 1.54. The van der Waals surface area contributed by atoms with Gasteiger partial charge in [0, 0.05) is 32.3 Å². The van der Waals surface area contributed by atoms with E-state index in [9.17, 15) is 9.90 Å². The van der Waals surface area contributed by atoms with Crippen molar-refractivity contribution < 1.29 is 14.6 Å². The first-order valence-electron chi connectivity index (χ1n) is 8.49. The van der Waals surface area contributed by atoms with E-state index in [2.05, 4.69) is 29.3 Å². The number of benzene rings is 1. The molecule has 0 radical (unpaired) electrons. The lowest BCUT2D eigenvalue weighted by molar-refractivity contribution is -0.131. The number of ether oxygens (including phenoxy) is 1. The fourth-order valence-corrected chi connectivity index (χ4v) is 3.53. The van der Waals surface area contributed by atoms with Crippen molar-refractivity contribution in [3.05, 3.63) is 35.9 Å². The number of nitrogens with one attached hydrogen (secondary N) is 1. The fraction of sp³-hybridized carbons (Fsp3) is 0.611. The summed E-state index contributed by atoms with van der Waals surface area (Å²) in [6.07, 6.45) is 1.01. The van der Waals surface area contributed by atoms with E-state index in [4.69, 9.17) is 4.74 Å². The number of carbonyl (C=O) groups excluding carboxylic acids is 1. The molecule has 23 heavy (non-hydrogen) atoms. The van der Waals surface area contributed by atoms with Crippen molar-refractivity contribution >= 4 is 5.91 Å². The number of aliphatic hydroxyl groups excluding tert-OH is 1. The predicted molar refractivity (Wildman–Crippen MR) is 87.8 cm³/mol. The molecule has 126 valence electrons. The number of rotatable bonds is 5. The Labute approximate surface area is 137 Å². The highest BCUT2D eigenvalue weighted by Gasteiger charge is 2.34. The third-order valence-corrected chi connectivity index (χ3v) is 4.89. The molecule has 2 aliphatic heterocycles. The van der Waals surface area contributed by atoms with E-state index in [1.807, 2.05) is 18.2 Å². The Kier molecular flexibility index (Phi) is 5.30. The van der Waals surface area contributed by atoms with Crippen LogP contribution in [0.5, 0.6) is 0 Å². The third-order valence-electron chi connectivity index (χ3n) is 4.89. The lowest BCUT2D eigenvalue weighted by Crippen LogP contribution is -2.44. The number of carbonyl (C=O) groups is 1. The van der Waals surface area contributed by atoms with Gasteiger partial charge in [-0.15, -0.1) is 0 Å². The van der Waals surface area contributed by atoms with Gasteiger partial charge in [-0.1, -0.05) is 37.3 Å². The van der Waals surface area contributed by atoms with Gasteiger partial charge in [0.15, 0.2) is 0 Å². The number of likely N-dealkylation sites (tertiary alicyclic amines) is 1. The van der Waals surface area contributed by atoms with Crippen molar-refractivity contribution in [2.45, 2.75) is 44.6 Å². The summed E-state index contributed by atoms with van der Waals surface area (Å²) >= 11 is 0. The van der Waals surface area contributed by atoms with Crippen LogP contribution in [0.1, 0.15) is 25.3 Å². The molecule has 2 aliphatic rings. The van der Waals surface area contributed by atoms with Gasteiger partial charge in [0.25, 0.3) is 0 Å². The maximum absolute atomic E-state index is 12.2. The molecule has 5 nitrogen and oxygen atoms in total. The molecule has 2 N–H and O–H groups in total. The Bertz CT molecular complexity index is 522. The number of nitrogens with zero attached hydrogens (tertiary/aromatic N) is 1. The molecule has 3 rings (SSSR count). The molecule has 0 saturated carbocycles. The first kappa shape index (κ1) is 16.4. The molecule has 0 aromatic heterocycles. The summed E-state index contributed by atoms with van der Waals surface area (Å²) in [5.74, 6) is 0.264. The highest BCUT2D eigenvalue weighted by atomic mass is 16.5. The van der Waals surface area contributed by atoms with Crippen LogP contribution in [0.25, 0.3) is 0 Å². The van der Waals surface area contributed by atoms with Gasteiger partial charge in [0.05, 0.1) is 6.10 Å². The molecule has 0 bridgehead atoms. The molecule has 0 aliphatic carbocycles. The summed E-state index contributed by atoms with van der Waals surface area (Å²) < 4.78 is 5.51. The van der Waals surface area contributed by atoms with Crippen molar-refractivity contribution in [1.29, 1.82) is 0 Å². The van der Waals surface area contributed by atoms with Gasteiger partial charge in [-0.25, -0.2) is 0 Å². The van der Waals surface area contributed by atoms with Gasteiger partial charge >= 0.3 is 0 Å². The smallest absolute Gasteiger partial charge is 0.249 e. The highest BCUT2D eigenvalue weighted by Crippen LogP contribution is 2.22. The second kappa shape index (κ2) is 7.43. The zero-order chi connectivity index (χ0) is 16.2. The minimum atomic E-state index is -0.317. The van der Waals surface area contributed by atoms with E-state index in [0.717, 1.165) is 13.0 Å². The minimum Gasteiger partial charge on any atom is -0.392 e. The SMILES string of the molecule is CC1CCOC1C(=O)NCC1CC(O)CN1Cc1ccccc1. The lowest BCUT2D eigenvalue weighted by atomic mass is 10.0. The van der Waals surface area contributed by atoms with E-state index in [1.165, 1.54) is 5.56 Å². The molecule has 1 aromatic rings. The van der Waals surface area contributed by atoms with Crippen molar-refractivity contribution in [2.24, 2.45) is 5.92 Å². The van der Waals surface area contributed by atoms with Crippen LogP contribution in [0.4, 0.5) is 0 Å². The van der Waals surface area contributed by atoms with E-state index in [-0.39, 0.29) is 30.1 Å². The number of amides is 1. The first-order chi connectivity index (χ1) is 11.1. The van der Waals surface area contributed by atoms with Gasteiger partial charge < -0.3 is 15.2 Å². The Morgan fingerprint density at radius 2 is 2.17 bits per heavy atom. The summed E-state index contributed by atoms with van der Waals surface area (Å²) in [7, 11) is 0. The molecule has 1 amide bonds. The van der Waals surface area contributed by atoms with Gasteiger partial charge in [-0.3, -0.25) is 9.69 Å². The lowest BCUT2D eigenvalue weighted by Gasteiger charge is -2.25. The molecule has 4 atom stereocenters. The average Bonchev–Trinajstić information content (AvgIpc) is 3.12. The topological polar surface area (TPSA) is 61.8 Å². The number of aliphatic hydroxyl groups is 1. The standard InChI is InChI=1S/C18H26N2O3/c1-13-7-8-23-17(13)18(22)19-10-15-9-16(21)12-20(15)11-14-5-3-2-4-6-14/h2-6,13,15-17,21H,7-12H2,1H3,(H,19,22). The van der Waals surface area contributed by atoms with Crippen molar-refractivity contribution in [1.82, 2.24) is 10.2 Å². The Morgan fingerprint density at radius 1 is 1.39 bits per heavy atom. The largest absolute Gasteiger partial charge is 0.392 e. The summed E-state index contributed by atoms with van der Waals surface area (Å²) in [5, 5.41) is 13.0. The van der Waals surface area contributed by atoms with E-state index in [0.29, 0.717) is 26.1 Å². The molecule has 0 spiro atoms. The zero-order valence-corrected chi connectivity index (χ0v) is 13.6. The quantitative estimate of drug-likeness (QED) is 0.855. The van der Waals surface area contributed by atoms with Crippen molar-refractivity contribution in [2.75, 3.05) is 19.7 Å². The van der Waals surface area contributed by atoms with Crippen LogP contribution in [-0.2, 0) is 16.1 Å². The molecule has 2 fully saturated rings. The summed E-state index contributed by atoms with van der Waals surface area (Å²) in [6, 6.07) is 10.4. The fourth-order valence-electron chi connectivity index (χ4n) is 3.53. The molecule has 2 heterocycles. The van der Waals surface area contributed by atoms with Gasteiger partial charge in [-0.05, 0) is 24.3 Å². The Morgan fingerprint density at radius 3 is 2.87 bits per heavy atom. The maximum Gasteiger partial charge on any atom is 0.249 e. The number of β-amino-alcohol motifs (C(OH)–C–C–N with tert-alkyl or cyclic N) is 1. The summed E-state index contributed by atoms with van der Waals surface area (Å²) in [6.45, 7) is 4.75. The van der Waals surface area contributed by atoms with Crippen LogP contribution in [0.3, 0.4) is 0 Å². The zero-order valence-electron chi connectivity index (χ0n) is 13.6. The van der Waals surface area contributed by atoms with Crippen molar-refractivity contribution in [3.8, 4) is 0 Å². The molecule has 1 aromatic carbocycles. The molecule has 5 heteroatoms. The summed E-state index contributed by atoms with van der Waals surface area (Å²) in [4.78, 5) is 14.5. The average molecular weight is 318 g/mol. The van der Waals surface area contributed by atoms with Crippen LogP contribution < -0.4 is 5.32 Å². The molecular weight excluding hydrogens is 292 g/mol. The second-order valence-corrected chi connectivity index (χ2v) is 6.76. The minimum absolute atomic E-state index is 0.0175. The van der Waals surface area contributed by atoms with Gasteiger partial charge in [0.2, 0.25) is 5.91 Å². The van der Waals surface area contributed by atoms with Crippen LogP contribution in [0.15, 0.2) is 30.3 Å². The third kappa shape index (κ3) is 4.10. The van der Waals surface area contributed by atoms with E-state index < -0.39 is 0 Å². The second-order valence-electron chi connectivity index (χ2n) is 6.76. The summed E-state index contributed by atoms with van der Waals surface area (Å²) in [5.41, 5.74) is 1.23. The Hall–Kier alpha value is -1.43. The van der Waals surface area contributed by atoms with Crippen LogP contribution in [0, 0.1) is 5.92 Å². The monoisotopic (exact) mass is 318 g/mol. The van der Waals surface area contributed by atoms with Gasteiger partial charge in [0.1, 0.15) is 6.10 Å². The van der Waals surface area contributed by atoms with Crippen molar-refractivity contribution in [3.63, 3.8) is 0 Å². The number of hydrogen-bond donors (Lipinski definition) is 2. The van der Waals surface area contributed by atoms with Crippen LogP contribution in [0.2, 0.25) is 0 Å². The highest BCUT2D eigenvalue weighted by molar-refractivity contribution is 5.81. The van der Waals surface area contributed by atoms with Gasteiger partial charge in [-0.2, -0.15) is 0 Å². The number of hydrogen-bond acceptors (Lipinski definition) is 4. The van der Waals surface area contributed by atoms with E-state index in [1.54, 1.807) is 0 Å². The van der Waals surface area contributed by atoms with E-state index >= 15 is 0 Å². The molecule has 2 saturated heterocycles. The predicted octanol–water partition coefficient (Wildman–Crippen LogP) is 1.16. The van der Waals surface area contributed by atoms with Crippen LogP contribution >= 0.6 is 0 Å². The maximum atomic E-state index is 12.2. The molecule has 4 unspecified atom stereocenters. The molecular formula is C18H26N2O3. The normalized spacial score (nSPS) is 31.4. The van der Waals surface area contributed by atoms with Crippen LogP contribution in [-0.4, -0.2) is 53.9 Å².